The molecule has 0 aromatic carbocycles. The van der Waals surface area contributed by atoms with Gasteiger partial charge in [-0.15, -0.1) is 0 Å². The molecule has 1 aromatic rings. The molecule has 136 valence electrons. The molecule has 5 heteroatoms. The second kappa shape index (κ2) is 8.65. The Balaban J connectivity index is 2.09. The van der Waals surface area contributed by atoms with E-state index in [1.54, 1.807) is 0 Å². The largest absolute Gasteiger partial charge is 0.396 e. The van der Waals surface area contributed by atoms with E-state index in [2.05, 4.69) is 24.3 Å². The lowest BCUT2D eigenvalue weighted by Gasteiger charge is -2.37. The highest BCUT2D eigenvalue weighted by atomic mass is 16.3. The highest BCUT2D eigenvalue weighted by molar-refractivity contribution is 5.92. The van der Waals surface area contributed by atoms with Crippen molar-refractivity contribution in [2.75, 3.05) is 13.2 Å². The molecule has 0 saturated heterocycles. The normalized spacial score (nSPS) is 17.2. The number of aryl methyl sites for hydroxylation is 1. The van der Waals surface area contributed by atoms with Crippen molar-refractivity contribution >= 4 is 5.91 Å². The third kappa shape index (κ3) is 4.38. The summed E-state index contributed by atoms with van der Waals surface area (Å²) in [5.74, 6) is -0.0367. The molecule has 1 saturated carbocycles. The summed E-state index contributed by atoms with van der Waals surface area (Å²) in [5.41, 5.74) is 1.61. The van der Waals surface area contributed by atoms with Crippen LogP contribution < -0.4 is 5.32 Å². The maximum Gasteiger partial charge on any atom is 0.269 e. The van der Waals surface area contributed by atoms with Crippen LogP contribution in [0.5, 0.6) is 0 Å². The van der Waals surface area contributed by atoms with E-state index in [9.17, 15) is 9.90 Å². The van der Waals surface area contributed by atoms with Gasteiger partial charge in [0, 0.05) is 13.2 Å². The summed E-state index contributed by atoms with van der Waals surface area (Å²) in [4.78, 5) is 12.8. The van der Waals surface area contributed by atoms with Gasteiger partial charge in [0.1, 0.15) is 5.69 Å². The number of aromatic nitrogens is 2. The third-order valence-electron chi connectivity index (χ3n) is 5.56. The fourth-order valence-electron chi connectivity index (χ4n) is 4.01. The van der Waals surface area contributed by atoms with Crippen LogP contribution in [0.3, 0.4) is 0 Å². The maximum atomic E-state index is 12.8. The van der Waals surface area contributed by atoms with Crippen molar-refractivity contribution in [1.82, 2.24) is 15.1 Å². The molecule has 5 nitrogen and oxygen atoms in total. The Morgan fingerprint density at radius 3 is 2.58 bits per heavy atom. The lowest BCUT2D eigenvalue weighted by Crippen LogP contribution is -2.40. The van der Waals surface area contributed by atoms with Crippen LogP contribution in [-0.2, 0) is 0 Å². The van der Waals surface area contributed by atoms with Gasteiger partial charge in [-0.2, -0.15) is 5.10 Å². The summed E-state index contributed by atoms with van der Waals surface area (Å²) in [7, 11) is 0. The van der Waals surface area contributed by atoms with Crippen LogP contribution in [0.25, 0.3) is 0 Å². The summed E-state index contributed by atoms with van der Waals surface area (Å²) < 4.78 is 1.89. The minimum atomic E-state index is -0.0367. The van der Waals surface area contributed by atoms with E-state index < -0.39 is 0 Å². The van der Waals surface area contributed by atoms with E-state index in [1.165, 1.54) is 19.3 Å². The molecular weight excluding hydrogens is 302 g/mol. The van der Waals surface area contributed by atoms with Crippen LogP contribution >= 0.6 is 0 Å². The van der Waals surface area contributed by atoms with Crippen LogP contribution in [0.1, 0.15) is 87.4 Å². The van der Waals surface area contributed by atoms with Gasteiger partial charge in [0.15, 0.2) is 0 Å². The summed E-state index contributed by atoms with van der Waals surface area (Å²) in [6.07, 6.45) is 8.55. The zero-order valence-electron chi connectivity index (χ0n) is 15.5. The third-order valence-corrected chi connectivity index (χ3v) is 5.56. The monoisotopic (exact) mass is 335 g/mol. The van der Waals surface area contributed by atoms with E-state index in [0.29, 0.717) is 12.2 Å². The molecule has 1 aliphatic carbocycles. The average molecular weight is 335 g/mol. The Labute approximate surface area is 145 Å². The molecule has 0 radical (unpaired) electrons. The van der Waals surface area contributed by atoms with E-state index in [1.807, 2.05) is 17.7 Å². The van der Waals surface area contributed by atoms with Gasteiger partial charge in [0.05, 0.1) is 11.7 Å². The van der Waals surface area contributed by atoms with Gasteiger partial charge < -0.3 is 10.4 Å². The first kappa shape index (κ1) is 19.0. The van der Waals surface area contributed by atoms with Gasteiger partial charge in [-0.1, -0.05) is 33.1 Å². The Bertz CT molecular complexity index is 523. The molecule has 0 atom stereocenters. The molecule has 2 rings (SSSR count). The van der Waals surface area contributed by atoms with Gasteiger partial charge in [-0.25, -0.2) is 0 Å². The second-order valence-corrected chi connectivity index (χ2v) is 7.30. The number of nitrogens with zero attached hydrogens (tertiary/aromatic N) is 2. The minimum absolute atomic E-state index is 0.0367. The zero-order valence-corrected chi connectivity index (χ0v) is 15.5. The van der Waals surface area contributed by atoms with E-state index in [-0.39, 0.29) is 24.0 Å². The van der Waals surface area contributed by atoms with Crippen molar-refractivity contribution in [2.24, 2.45) is 5.41 Å². The van der Waals surface area contributed by atoms with Gasteiger partial charge in [-0.3, -0.25) is 9.48 Å². The molecule has 1 aliphatic rings. The number of carbonyl (C=O) groups is 1. The van der Waals surface area contributed by atoms with Crippen molar-refractivity contribution in [1.29, 1.82) is 0 Å². The van der Waals surface area contributed by atoms with Gasteiger partial charge in [-0.05, 0) is 50.5 Å². The number of nitrogens with one attached hydrogen (secondary N) is 1. The number of carbonyl (C=O) groups excluding carboxylic acids is 1. The maximum absolute atomic E-state index is 12.8. The number of rotatable bonds is 8. The Kier molecular flexibility index (Phi) is 6.84. The molecule has 0 spiro atoms. The van der Waals surface area contributed by atoms with Crippen LogP contribution in [0.2, 0.25) is 0 Å². The fraction of sp³-hybridized carbons (Fsp3) is 0.789. The molecule has 1 fully saturated rings. The standard InChI is InChI=1S/C19H33N3O2/c1-4-16(5-2)22-17(13-15(3)21-22)18(24)20-14-19(11-12-23)9-7-6-8-10-19/h13,16,23H,4-12,14H2,1-3H3,(H,20,24). The van der Waals surface area contributed by atoms with Crippen molar-refractivity contribution in [2.45, 2.75) is 78.2 Å². The van der Waals surface area contributed by atoms with Crippen molar-refractivity contribution < 1.29 is 9.90 Å². The number of amides is 1. The molecule has 1 aromatic heterocycles. The van der Waals surface area contributed by atoms with Gasteiger partial charge in [0.25, 0.3) is 5.91 Å². The zero-order chi connectivity index (χ0) is 17.6. The van der Waals surface area contributed by atoms with E-state index in [4.69, 9.17) is 0 Å². The number of aliphatic hydroxyl groups excluding tert-OH is 1. The molecule has 0 bridgehead atoms. The molecule has 24 heavy (non-hydrogen) atoms. The fourth-order valence-corrected chi connectivity index (χ4v) is 4.01. The molecule has 2 N–H and O–H groups in total. The molecular formula is C19H33N3O2. The second-order valence-electron chi connectivity index (χ2n) is 7.30. The van der Waals surface area contributed by atoms with Crippen LogP contribution in [0, 0.1) is 12.3 Å². The summed E-state index contributed by atoms with van der Waals surface area (Å²) in [5, 5.41) is 17.1. The summed E-state index contributed by atoms with van der Waals surface area (Å²) >= 11 is 0. The van der Waals surface area contributed by atoms with Crippen molar-refractivity contribution in [3.05, 3.63) is 17.5 Å². The SMILES string of the molecule is CCC(CC)n1nc(C)cc1C(=O)NCC1(CCO)CCCCC1. The average Bonchev–Trinajstić information content (AvgIpc) is 2.97. The summed E-state index contributed by atoms with van der Waals surface area (Å²) in [6.45, 7) is 7.04. The molecule has 0 aliphatic heterocycles. The number of hydrogen-bond donors (Lipinski definition) is 2. The predicted octanol–water partition coefficient (Wildman–Crippen LogP) is 3.62. The lowest BCUT2D eigenvalue weighted by atomic mass is 9.72. The topological polar surface area (TPSA) is 67.2 Å². The molecule has 1 amide bonds. The quantitative estimate of drug-likeness (QED) is 0.762. The lowest BCUT2D eigenvalue weighted by molar-refractivity contribution is 0.0856. The van der Waals surface area contributed by atoms with Crippen LogP contribution in [0.4, 0.5) is 0 Å². The smallest absolute Gasteiger partial charge is 0.269 e. The van der Waals surface area contributed by atoms with E-state index >= 15 is 0 Å². The highest BCUT2D eigenvalue weighted by Gasteiger charge is 2.32. The van der Waals surface area contributed by atoms with Crippen molar-refractivity contribution in [3.8, 4) is 0 Å². The number of aliphatic hydroxyl groups is 1. The first-order valence-corrected chi connectivity index (χ1v) is 9.50. The van der Waals surface area contributed by atoms with Gasteiger partial charge >= 0.3 is 0 Å². The Morgan fingerprint density at radius 1 is 1.33 bits per heavy atom. The highest BCUT2D eigenvalue weighted by Crippen LogP contribution is 2.38. The van der Waals surface area contributed by atoms with Crippen LogP contribution in [0.15, 0.2) is 6.07 Å². The van der Waals surface area contributed by atoms with Crippen molar-refractivity contribution in [3.63, 3.8) is 0 Å². The van der Waals surface area contributed by atoms with E-state index in [0.717, 1.165) is 37.8 Å². The van der Waals surface area contributed by atoms with Crippen LogP contribution in [-0.4, -0.2) is 33.9 Å². The van der Waals surface area contributed by atoms with Gasteiger partial charge in [0.2, 0.25) is 0 Å². The number of hydrogen-bond acceptors (Lipinski definition) is 3. The first-order chi connectivity index (χ1) is 11.5. The Hall–Kier alpha value is -1.36. The Morgan fingerprint density at radius 2 is 2.00 bits per heavy atom. The molecule has 0 unspecified atom stereocenters. The first-order valence-electron chi connectivity index (χ1n) is 9.50. The summed E-state index contributed by atoms with van der Waals surface area (Å²) in [6, 6.07) is 2.15. The minimum Gasteiger partial charge on any atom is -0.396 e. The molecule has 1 heterocycles. The predicted molar refractivity (Wildman–Crippen MR) is 96.1 cm³/mol.